The van der Waals surface area contributed by atoms with E-state index in [0.717, 1.165) is 24.2 Å². The van der Waals surface area contributed by atoms with Crippen molar-refractivity contribution in [2.24, 2.45) is 5.92 Å². The summed E-state index contributed by atoms with van der Waals surface area (Å²) in [5.74, 6) is -0.643. The molecule has 0 aromatic carbocycles. The predicted molar refractivity (Wildman–Crippen MR) is 77.1 cm³/mol. The molecule has 21 heavy (non-hydrogen) atoms. The lowest BCUT2D eigenvalue weighted by Crippen LogP contribution is -2.49. The molecule has 1 aromatic heterocycles. The minimum Gasteiger partial charge on any atom is -0.477 e. The first-order chi connectivity index (χ1) is 9.98. The Morgan fingerprint density at radius 1 is 1.43 bits per heavy atom. The summed E-state index contributed by atoms with van der Waals surface area (Å²) in [5.41, 5.74) is 0. The summed E-state index contributed by atoms with van der Waals surface area (Å²) in [6.07, 6.45) is 3.35. The van der Waals surface area contributed by atoms with Gasteiger partial charge in [0, 0.05) is 18.5 Å². The van der Waals surface area contributed by atoms with Crippen LogP contribution < -0.4 is 0 Å². The topological polar surface area (TPSA) is 83.9 Å². The third kappa shape index (κ3) is 2.85. The van der Waals surface area contributed by atoms with Gasteiger partial charge < -0.3 is 9.84 Å². The zero-order valence-electron chi connectivity index (χ0n) is 11.4. The molecule has 2 fully saturated rings. The molecule has 8 heteroatoms. The number of rotatable bonds is 4. The number of hydrogen-bond acceptors (Lipinski definition) is 5. The smallest absolute Gasteiger partial charge is 0.345 e. The van der Waals surface area contributed by atoms with E-state index >= 15 is 0 Å². The van der Waals surface area contributed by atoms with Crippen molar-refractivity contribution in [3.63, 3.8) is 0 Å². The molecule has 2 aliphatic rings. The van der Waals surface area contributed by atoms with Crippen molar-refractivity contribution in [2.45, 2.75) is 30.3 Å². The van der Waals surface area contributed by atoms with Crippen molar-refractivity contribution in [1.82, 2.24) is 4.31 Å². The summed E-state index contributed by atoms with van der Waals surface area (Å²) in [5, 5.41) is 10.3. The number of hydrogen-bond donors (Lipinski definition) is 1. The van der Waals surface area contributed by atoms with Crippen LogP contribution in [0.25, 0.3) is 0 Å². The predicted octanol–water partition coefficient (Wildman–Crippen LogP) is 1.64. The molecule has 6 nitrogen and oxygen atoms in total. The highest BCUT2D eigenvalue weighted by Crippen LogP contribution is 2.34. The van der Waals surface area contributed by atoms with Gasteiger partial charge in [0.2, 0.25) is 10.0 Å². The van der Waals surface area contributed by atoms with Crippen molar-refractivity contribution in [3.05, 3.63) is 16.3 Å². The minimum atomic E-state index is -3.62. The molecule has 1 atom stereocenters. The molecule has 0 bridgehead atoms. The summed E-state index contributed by atoms with van der Waals surface area (Å²) in [6, 6.07) is 1.23. The first kappa shape index (κ1) is 15.0. The molecule has 2 heterocycles. The molecule has 3 rings (SSSR count). The number of morpholine rings is 1. The summed E-state index contributed by atoms with van der Waals surface area (Å²) in [4.78, 5) is 11.0. The van der Waals surface area contributed by atoms with Crippen LogP contribution >= 0.6 is 11.3 Å². The Balaban J connectivity index is 1.78. The maximum atomic E-state index is 12.6. The van der Waals surface area contributed by atoms with Crippen LogP contribution in [-0.2, 0) is 14.8 Å². The van der Waals surface area contributed by atoms with Crippen molar-refractivity contribution in [3.8, 4) is 0 Å². The lowest BCUT2D eigenvalue weighted by Gasteiger charge is -2.39. The van der Waals surface area contributed by atoms with Gasteiger partial charge in [0.05, 0.1) is 17.6 Å². The number of sulfonamides is 1. The monoisotopic (exact) mass is 331 g/mol. The van der Waals surface area contributed by atoms with E-state index in [9.17, 15) is 13.2 Å². The van der Waals surface area contributed by atoms with Crippen LogP contribution in [0.3, 0.4) is 0 Å². The van der Waals surface area contributed by atoms with E-state index in [4.69, 9.17) is 9.84 Å². The Morgan fingerprint density at radius 2 is 2.19 bits per heavy atom. The van der Waals surface area contributed by atoms with Crippen LogP contribution in [0.1, 0.15) is 28.9 Å². The maximum absolute atomic E-state index is 12.6. The van der Waals surface area contributed by atoms with Gasteiger partial charge in [-0.1, -0.05) is 6.42 Å². The van der Waals surface area contributed by atoms with Crippen molar-refractivity contribution < 1.29 is 23.1 Å². The van der Waals surface area contributed by atoms with Gasteiger partial charge in [0.1, 0.15) is 4.88 Å². The quantitative estimate of drug-likeness (QED) is 0.906. The highest BCUT2D eigenvalue weighted by atomic mass is 32.2. The van der Waals surface area contributed by atoms with Crippen LogP contribution in [0.15, 0.2) is 16.3 Å². The minimum absolute atomic E-state index is 0.0279. The fourth-order valence-corrected chi connectivity index (χ4v) is 5.22. The van der Waals surface area contributed by atoms with Crippen LogP contribution in [0.2, 0.25) is 0 Å². The molecule has 116 valence electrons. The second-order valence-corrected chi connectivity index (χ2v) is 8.26. The Kier molecular flexibility index (Phi) is 4.04. The normalized spacial score (nSPS) is 24.7. The molecule has 1 aromatic rings. The molecule has 0 radical (unpaired) electrons. The Hall–Kier alpha value is -0.960. The van der Waals surface area contributed by atoms with E-state index in [2.05, 4.69) is 0 Å². The van der Waals surface area contributed by atoms with E-state index in [0.29, 0.717) is 25.6 Å². The second kappa shape index (κ2) is 5.68. The zero-order valence-corrected chi connectivity index (χ0v) is 13.0. The average molecular weight is 331 g/mol. The van der Waals surface area contributed by atoms with Gasteiger partial charge in [-0.05, 0) is 24.8 Å². The fourth-order valence-electron chi connectivity index (χ4n) is 2.68. The number of carboxylic acid groups (broad SMARTS) is 1. The van der Waals surface area contributed by atoms with Crippen LogP contribution in [0.4, 0.5) is 0 Å². The average Bonchev–Trinajstić information content (AvgIpc) is 2.87. The van der Waals surface area contributed by atoms with Gasteiger partial charge in [-0.2, -0.15) is 4.31 Å². The Labute approximate surface area is 127 Å². The number of carboxylic acids is 1. The van der Waals surface area contributed by atoms with Crippen LogP contribution in [0.5, 0.6) is 0 Å². The van der Waals surface area contributed by atoms with Gasteiger partial charge in [-0.3, -0.25) is 0 Å². The molecule has 0 amide bonds. The van der Waals surface area contributed by atoms with Crippen LogP contribution in [-0.4, -0.2) is 49.6 Å². The van der Waals surface area contributed by atoms with Gasteiger partial charge in [0.15, 0.2) is 0 Å². The standard InChI is InChI=1S/C13H17NO5S2/c15-13(16)12-6-10(8-20-12)21(17,18)14-4-5-19-11(7-14)9-2-1-3-9/h6,8-9,11H,1-5,7H2,(H,15,16). The zero-order chi connectivity index (χ0) is 15.0. The number of carbonyl (C=O) groups is 1. The van der Waals surface area contributed by atoms with E-state index in [1.54, 1.807) is 0 Å². The third-order valence-corrected chi connectivity index (χ3v) is 7.07. The molecule has 1 unspecified atom stereocenters. The van der Waals surface area contributed by atoms with E-state index in [1.165, 1.54) is 22.2 Å². The largest absolute Gasteiger partial charge is 0.477 e. The number of aromatic carboxylic acids is 1. The fraction of sp³-hybridized carbons (Fsp3) is 0.615. The van der Waals surface area contributed by atoms with Crippen molar-refractivity contribution in [2.75, 3.05) is 19.7 Å². The molecule has 1 saturated heterocycles. The summed E-state index contributed by atoms with van der Waals surface area (Å²) in [6.45, 7) is 1.09. The SMILES string of the molecule is O=C(O)c1cc(S(=O)(=O)N2CCOC(C3CCC3)C2)cs1. The number of ether oxygens (including phenoxy) is 1. The molecule has 1 saturated carbocycles. The highest BCUT2D eigenvalue weighted by Gasteiger charge is 2.37. The summed E-state index contributed by atoms with van der Waals surface area (Å²) >= 11 is 0.935. The van der Waals surface area contributed by atoms with Gasteiger partial charge in [0.25, 0.3) is 0 Å². The maximum Gasteiger partial charge on any atom is 0.345 e. The van der Waals surface area contributed by atoms with E-state index < -0.39 is 16.0 Å². The third-order valence-electron chi connectivity index (χ3n) is 4.16. The highest BCUT2D eigenvalue weighted by molar-refractivity contribution is 7.89. The van der Waals surface area contributed by atoms with Gasteiger partial charge in [-0.25, -0.2) is 13.2 Å². The summed E-state index contributed by atoms with van der Waals surface area (Å²) < 4.78 is 32.3. The molecular weight excluding hydrogens is 314 g/mol. The summed E-state index contributed by atoms with van der Waals surface area (Å²) in [7, 11) is -3.62. The molecule has 0 spiro atoms. The lowest BCUT2D eigenvalue weighted by molar-refractivity contribution is -0.0542. The van der Waals surface area contributed by atoms with Crippen molar-refractivity contribution >= 4 is 27.3 Å². The Morgan fingerprint density at radius 3 is 2.76 bits per heavy atom. The molecule has 1 aliphatic heterocycles. The number of thiophene rings is 1. The van der Waals surface area contributed by atoms with Gasteiger partial charge >= 0.3 is 5.97 Å². The van der Waals surface area contributed by atoms with E-state index in [1.807, 2.05) is 0 Å². The lowest BCUT2D eigenvalue weighted by atomic mass is 9.81. The van der Waals surface area contributed by atoms with E-state index in [-0.39, 0.29) is 15.9 Å². The first-order valence-corrected chi connectivity index (χ1v) is 9.24. The second-order valence-electron chi connectivity index (χ2n) is 5.42. The van der Waals surface area contributed by atoms with Crippen LogP contribution in [0, 0.1) is 5.92 Å². The Bertz CT molecular complexity index is 635. The number of nitrogens with zero attached hydrogens (tertiary/aromatic N) is 1. The molecular formula is C13H17NO5S2. The van der Waals surface area contributed by atoms with Crippen molar-refractivity contribution in [1.29, 1.82) is 0 Å². The molecule has 1 N–H and O–H groups in total. The molecule has 1 aliphatic carbocycles. The van der Waals surface area contributed by atoms with Gasteiger partial charge in [-0.15, -0.1) is 11.3 Å². The first-order valence-electron chi connectivity index (χ1n) is 6.92.